The van der Waals surface area contributed by atoms with Crippen LogP contribution in [0.3, 0.4) is 0 Å². The molecule has 0 amide bonds. The largest absolute Gasteiger partial charge is 0.466 e. The molecule has 0 aliphatic rings. The predicted molar refractivity (Wildman–Crippen MR) is 135 cm³/mol. The topological polar surface area (TPSA) is 72.5 Å². The molecule has 0 aliphatic heterocycles. The number of hydrogen-bond donors (Lipinski definition) is 1. The minimum atomic E-state index is -3.79. The van der Waals surface area contributed by atoms with Gasteiger partial charge < -0.3 is 4.74 Å². The highest BCUT2D eigenvalue weighted by Gasteiger charge is 2.26. The summed E-state index contributed by atoms with van der Waals surface area (Å²) in [4.78, 5) is 12.7. The van der Waals surface area contributed by atoms with Crippen molar-refractivity contribution in [3.63, 3.8) is 0 Å². The molecule has 0 fully saturated rings. The second-order valence-corrected chi connectivity index (χ2v) is 10.4. The molecule has 3 rings (SSSR count). The van der Waals surface area contributed by atoms with Crippen LogP contribution in [0.4, 0.5) is 5.69 Å². The lowest BCUT2D eigenvalue weighted by atomic mass is 9.86. The number of benzene rings is 3. The van der Waals surface area contributed by atoms with E-state index >= 15 is 0 Å². The molecule has 0 aromatic heterocycles. The fourth-order valence-corrected chi connectivity index (χ4v) is 5.39. The molecule has 0 aliphatic carbocycles. The smallest absolute Gasteiger partial charge is 0.306 e. The van der Waals surface area contributed by atoms with Crippen LogP contribution in [0.2, 0.25) is 0 Å². The highest BCUT2D eigenvalue weighted by atomic mass is 127. The molecular formula is C25H26INO4S. The third kappa shape index (κ3) is 5.89. The van der Waals surface area contributed by atoms with Crippen molar-refractivity contribution in [2.75, 3.05) is 11.3 Å². The summed E-state index contributed by atoms with van der Waals surface area (Å²) in [6.07, 6.45) is 0.108. The van der Waals surface area contributed by atoms with Gasteiger partial charge in [0, 0.05) is 9.49 Å². The Balaban J connectivity index is 2.13. The number of hydrogen-bond acceptors (Lipinski definition) is 4. The van der Waals surface area contributed by atoms with Gasteiger partial charge in [0.25, 0.3) is 10.0 Å². The zero-order chi connectivity index (χ0) is 23.3. The number of rotatable bonds is 8. The summed E-state index contributed by atoms with van der Waals surface area (Å²) < 4.78 is 35.1. The molecule has 0 bridgehead atoms. The van der Waals surface area contributed by atoms with Crippen molar-refractivity contribution in [1.82, 2.24) is 0 Å². The number of esters is 1. The summed E-state index contributed by atoms with van der Waals surface area (Å²) in [6.45, 7) is 6.01. The first kappa shape index (κ1) is 24.3. The lowest BCUT2D eigenvalue weighted by Crippen LogP contribution is -2.18. The average Bonchev–Trinajstić information content (AvgIpc) is 2.76. The van der Waals surface area contributed by atoms with Crippen LogP contribution in [0.25, 0.3) is 0 Å². The van der Waals surface area contributed by atoms with Crippen molar-refractivity contribution in [1.29, 1.82) is 0 Å². The summed E-state index contributed by atoms with van der Waals surface area (Å²) in [5, 5.41) is 0. The van der Waals surface area contributed by atoms with Gasteiger partial charge >= 0.3 is 5.97 Å². The van der Waals surface area contributed by atoms with E-state index in [4.69, 9.17) is 4.74 Å². The van der Waals surface area contributed by atoms with Crippen molar-refractivity contribution < 1.29 is 17.9 Å². The molecule has 3 aromatic rings. The minimum absolute atomic E-state index is 0.108. The van der Waals surface area contributed by atoms with Gasteiger partial charge in [-0.25, -0.2) is 8.42 Å². The molecule has 7 heteroatoms. The summed E-state index contributed by atoms with van der Waals surface area (Å²) in [5.74, 6) is -0.692. The van der Waals surface area contributed by atoms with Gasteiger partial charge in [-0.1, -0.05) is 53.6 Å². The number of carbonyl (C=O) groups excluding carboxylic acids is 1. The summed E-state index contributed by atoms with van der Waals surface area (Å²) in [7, 11) is -3.79. The Morgan fingerprint density at radius 3 is 2.25 bits per heavy atom. The molecule has 0 saturated heterocycles. The first-order chi connectivity index (χ1) is 15.2. The lowest BCUT2D eigenvalue weighted by Gasteiger charge is -2.23. The van der Waals surface area contributed by atoms with Gasteiger partial charge in [-0.3, -0.25) is 9.52 Å². The second kappa shape index (κ2) is 10.5. The van der Waals surface area contributed by atoms with Crippen molar-refractivity contribution in [2.45, 2.75) is 38.0 Å². The number of nitrogens with one attached hydrogen (secondary N) is 1. The van der Waals surface area contributed by atoms with Crippen LogP contribution in [0, 0.1) is 17.4 Å². The van der Waals surface area contributed by atoms with E-state index in [1.54, 1.807) is 43.3 Å². The van der Waals surface area contributed by atoms with Gasteiger partial charge in [-0.15, -0.1) is 0 Å². The van der Waals surface area contributed by atoms with Crippen molar-refractivity contribution in [3.8, 4) is 0 Å². The van der Waals surface area contributed by atoms with E-state index < -0.39 is 10.0 Å². The Morgan fingerprint density at radius 2 is 1.59 bits per heavy atom. The van der Waals surface area contributed by atoms with E-state index in [-0.39, 0.29) is 29.8 Å². The van der Waals surface area contributed by atoms with E-state index in [9.17, 15) is 13.2 Å². The maximum Gasteiger partial charge on any atom is 0.306 e. The third-order valence-electron chi connectivity index (χ3n) is 5.08. The molecule has 1 atom stereocenters. The number of sulfonamides is 1. The Kier molecular flexibility index (Phi) is 7.95. The monoisotopic (exact) mass is 563 g/mol. The van der Waals surface area contributed by atoms with E-state index in [1.807, 2.05) is 44.2 Å². The molecule has 3 aromatic carbocycles. The molecule has 168 valence electrons. The van der Waals surface area contributed by atoms with Gasteiger partial charge in [0.05, 0.1) is 23.6 Å². The Labute approximate surface area is 203 Å². The summed E-state index contributed by atoms with van der Waals surface area (Å²) >= 11 is 2.25. The van der Waals surface area contributed by atoms with Crippen LogP contribution in [0.1, 0.15) is 41.5 Å². The Morgan fingerprint density at radius 1 is 0.969 bits per heavy atom. The van der Waals surface area contributed by atoms with Gasteiger partial charge in [-0.05, 0) is 78.8 Å². The number of halogens is 1. The van der Waals surface area contributed by atoms with Gasteiger partial charge in [0.2, 0.25) is 0 Å². The number of ether oxygens (including phenoxy) is 1. The lowest BCUT2D eigenvalue weighted by molar-refractivity contribution is -0.143. The van der Waals surface area contributed by atoms with E-state index in [2.05, 4.69) is 27.3 Å². The zero-order valence-corrected chi connectivity index (χ0v) is 21.2. The van der Waals surface area contributed by atoms with Crippen LogP contribution in [0.15, 0.2) is 71.6 Å². The highest BCUT2D eigenvalue weighted by molar-refractivity contribution is 14.1. The average molecular weight is 563 g/mol. The van der Waals surface area contributed by atoms with Crippen molar-refractivity contribution in [2.24, 2.45) is 0 Å². The van der Waals surface area contributed by atoms with Gasteiger partial charge in [-0.2, -0.15) is 0 Å². The second-order valence-electron chi connectivity index (χ2n) is 7.60. The standard InChI is InChI=1S/C25H26INO4S/c1-4-31-25(28)16-20(21-14-17(2)10-12-23(21)26)22-15-18(3)11-13-24(22)27-32(29,30)19-8-6-5-7-9-19/h5-15,20,27H,4,16H2,1-3H3/t20-/m1/s1. The van der Waals surface area contributed by atoms with E-state index in [0.29, 0.717) is 5.69 Å². The van der Waals surface area contributed by atoms with E-state index in [0.717, 1.165) is 25.8 Å². The van der Waals surface area contributed by atoms with Crippen LogP contribution in [0.5, 0.6) is 0 Å². The number of anilines is 1. The molecule has 32 heavy (non-hydrogen) atoms. The Hall–Kier alpha value is -2.39. The fourth-order valence-electron chi connectivity index (χ4n) is 3.57. The summed E-state index contributed by atoms with van der Waals surface area (Å²) in [6, 6.07) is 19.9. The normalized spacial score (nSPS) is 12.2. The highest BCUT2D eigenvalue weighted by Crippen LogP contribution is 2.37. The SMILES string of the molecule is CCOC(=O)C[C@H](c1cc(C)ccc1I)c1cc(C)ccc1NS(=O)(=O)c1ccccc1. The molecular weight excluding hydrogens is 537 g/mol. The first-order valence-corrected chi connectivity index (χ1v) is 12.9. The molecule has 0 unspecified atom stereocenters. The first-order valence-electron chi connectivity index (χ1n) is 10.3. The molecule has 0 heterocycles. The molecule has 1 N–H and O–H groups in total. The quantitative estimate of drug-likeness (QED) is 0.278. The molecule has 0 spiro atoms. The number of carbonyl (C=O) groups is 1. The van der Waals surface area contributed by atoms with Gasteiger partial charge in [0.1, 0.15) is 0 Å². The van der Waals surface area contributed by atoms with Crippen molar-refractivity contribution in [3.05, 3.63) is 92.6 Å². The van der Waals surface area contributed by atoms with Crippen LogP contribution >= 0.6 is 22.6 Å². The maximum atomic E-state index is 13.0. The molecule has 0 saturated carbocycles. The Bertz CT molecular complexity index is 1210. The molecule has 0 radical (unpaired) electrons. The van der Waals surface area contributed by atoms with Gasteiger partial charge in [0.15, 0.2) is 0 Å². The zero-order valence-electron chi connectivity index (χ0n) is 18.3. The number of aryl methyl sites for hydroxylation is 2. The van der Waals surface area contributed by atoms with Crippen LogP contribution in [-0.2, 0) is 19.6 Å². The van der Waals surface area contributed by atoms with E-state index in [1.165, 1.54) is 0 Å². The summed E-state index contributed by atoms with van der Waals surface area (Å²) in [5.41, 5.74) is 4.18. The third-order valence-corrected chi connectivity index (χ3v) is 7.45. The predicted octanol–water partition coefficient (Wildman–Crippen LogP) is 5.79. The van der Waals surface area contributed by atoms with Crippen LogP contribution < -0.4 is 4.72 Å². The fraction of sp³-hybridized carbons (Fsp3) is 0.240. The minimum Gasteiger partial charge on any atom is -0.466 e. The molecule has 5 nitrogen and oxygen atoms in total. The van der Waals surface area contributed by atoms with Crippen LogP contribution in [-0.4, -0.2) is 21.0 Å². The van der Waals surface area contributed by atoms with Crippen molar-refractivity contribution >= 4 is 44.3 Å². The maximum absolute atomic E-state index is 13.0.